The molecule has 1 saturated heterocycles. The van der Waals surface area contributed by atoms with Crippen molar-refractivity contribution in [2.75, 3.05) is 20.2 Å². The van der Waals surface area contributed by atoms with E-state index in [1.54, 1.807) is 13.2 Å². The van der Waals surface area contributed by atoms with Crippen molar-refractivity contribution in [2.45, 2.75) is 26.0 Å². The molecule has 23 heavy (non-hydrogen) atoms. The summed E-state index contributed by atoms with van der Waals surface area (Å²) in [5.74, 6) is 0.125. The van der Waals surface area contributed by atoms with Crippen molar-refractivity contribution in [1.82, 2.24) is 15.1 Å². The Labute approximate surface area is 140 Å². The van der Waals surface area contributed by atoms with Crippen LogP contribution in [0.2, 0.25) is 5.02 Å². The first-order valence-corrected chi connectivity index (χ1v) is 8.02. The fourth-order valence-corrected chi connectivity index (χ4v) is 3.27. The first-order chi connectivity index (χ1) is 11.1. The number of phenols is 1. The predicted octanol–water partition coefficient (Wildman–Crippen LogP) is 3.03. The Hall–Kier alpha value is -1.69. The molecular weight excluding hydrogens is 314 g/mol. The summed E-state index contributed by atoms with van der Waals surface area (Å²) in [5.41, 5.74) is 3.11. The van der Waals surface area contributed by atoms with Crippen LogP contribution >= 0.6 is 11.6 Å². The van der Waals surface area contributed by atoms with Crippen LogP contribution in [0.15, 0.2) is 24.3 Å². The average Bonchev–Trinajstić information content (AvgIpc) is 2.95. The summed E-state index contributed by atoms with van der Waals surface area (Å²) in [5, 5.41) is 19.2. The van der Waals surface area contributed by atoms with Gasteiger partial charge < -0.3 is 9.84 Å². The Kier molecular flexibility index (Phi) is 4.80. The Morgan fingerprint density at radius 1 is 1.35 bits per heavy atom. The monoisotopic (exact) mass is 333 g/mol. The number of benzene rings is 1. The number of phenolic OH excluding ortho intramolecular Hbond substituents is 1. The molecule has 2 aromatic rings. The minimum atomic E-state index is 0.125. The van der Waals surface area contributed by atoms with Gasteiger partial charge in [0.15, 0.2) is 0 Å². The fraction of sp³-hybridized carbons (Fsp3) is 0.412. The SMILES string of the molecule is CO[C@H]1CCN(Cc2ccc(-c3c(C)cc(Cl)cc3O)nn2)C1. The topological polar surface area (TPSA) is 58.5 Å². The molecule has 0 aliphatic carbocycles. The van der Waals surface area contributed by atoms with E-state index in [9.17, 15) is 5.11 Å². The number of nitrogens with zero attached hydrogens (tertiary/aromatic N) is 3. The summed E-state index contributed by atoms with van der Waals surface area (Å²) in [6.45, 7) is 4.60. The zero-order valence-electron chi connectivity index (χ0n) is 13.3. The summed E-state index contributed by atoms with van der Waals surface area (Å²) in [7, 11) is 1.75. The number of hydrogen-bond donors (Lipinski definition) is 1. The zero-order chi connectivity index (χ0) is 16.4. The van der Waals surface area contributed by atoms with Gasteiger partial charge in [-0.1, -0.05) is 11.6 Å². The highest BCUT2D eigenvalue weighted by atomic mass is 35.5. The van der Waals surface area contributed by atoms with Gasteiger partial charge in [0.2, 0.25) is 0 Å². The lowest BCUT2D eigenvalue weighted by atomic mass is 10.0. The molecule has 1 N–H and O–H groups in total. The number of likely N-dealkylation sites (tertiary alicyclic amines) is 1. The van der Waals surface area contributed by atoms with Gasteiger partial charge in [-0.05, 0) is 43.2 Å². The number of aromatic hydroxyl groups is 1. The molecule has 0 radical (unpaired) electrons. The van der Waals surface area contributed by atoms with E-state index in [0.29, 0.717) is 22.4 Å². The van der Waals surface area contributed by atoms with Crippen LogP contribution in [0, 0.1) is 6.92 Å². The number of aromatic nitrogens is 2. The van der Waals surface area contributed by atoms with E-state index < -0.39 is 0 Å². The van der Waals surface area contributed by atoms with E-state index in [2.05, 4.69) is 15.1 Å². The maximum absolute atomic E-state index is 10.1. The second kappa shape index (κ2) is 6.83. The largest absolute Gasteiger partial charge is 0.507 e. The zero-order valence-corrected chi connectivity index (χ0v) is 14.0. The molecular formula is C17H20ClN3O2. The minimum Gasteiger partial charge on any atom is -0.507 e. The third-order valence-corrected chi connectivity index (χ3v) is 4.42. The molecule has 1 aliphatic rings. The van der Waals surface area contributed by atoms with Crippen LogP contribution in [0.4, 0.5) is 0 Å². The Morgan fingerprint density at radius 2 is 2.17 bits per heavy atom. The van der Waals surface area contributed by atoms with E-state index in [1.165, 1.54) is 6.07 Å². The van der Waals surface area contributed by atoms with Gasteiger partial charge in [-0.15, -0.1) is 0 Å². The lowest BCUT2D eigenvalue weighted by Gasteiger charge is -2.15. The normalized spacial score (nSPS) is 18.5. The van der Waals surface area contributed by atoms with Gasteiger partial charge >= 0.3 is 0 Å². The third kappa shape index (κ3) is 3.63. The highest BCUT2D eigenvalue weighted by molar-refractivity contribution is 6.31. The molecule has 1 aromatic carbocycles. The molecule has 122 valence electrons. The molecule has 2 heterocycles. The van der Waals surface area contributed by atoms with Crippen molar-refractivity contribution in [3.05, 3.63) is 40.5 Å². The molecule has 5 nitrogen and oxygen atoms in total. The number of methoxy groups -OCH3 is 1. The molecule has 6 heteroatoms. The lowest BCUT2D eigenvalue weighted by Crippen LogP contribution is -2.23. The van der Waals surface area contributed by atoms with Gasteiger partial charge in [0.05, 0.1) is 17.5 Å². The summed E-state index contributed by atoms with van der Waals surface area (Å²) in [4.78, 5) is 2.31. The molecule has 0 unspecified atom stereocenters. The van der Waals surface area contributed by atoms with Crippen LogP contribution in [0.5, 0.6) is 5.75 Å². The third-order valence-electron chi connectivity index (χ3n) is 4.20. The Bertz CT molecular complexity index is 668. The molecule has 1 fully saturated rings. The number of rotatable bonds is 4. The van der Waals surface area contributed by atoms with Crippen molar-refractivity contribution < 1.29 is 9.84 Å². The standard InChI is InChI=1S/C17H20ClN3O2/c1-11-7-12(18)8-16(22)17(11)15-4-3-13(19-20-15)9-21-6-5-14(10-21)23-2/h3-4,7-8,14,22H,5-6,9-10H2,1-2H3/t14-/m0/s1. The van der Waals surface area contributed by atoms with Crippen molar-refractivity contribution in [3.63, 3.8) is 0 Å². The van der Waals surface area contributed by atoms with E-state index in [1.807, 2.05) is 19.1 Å². The molecule has 0 spiro atoms. The van der Waals surface area contributed by atoms with Crippen LogP contribution in [0.3, 0.4) is 0 Å². The van der Waals surface area contributed by atoms with Crippen LogP contribution in [0.25, 0.3) is 11.3 Å². The fourth-order valence-electron chi connectivity index (χ4n) is 3.00. The van der Waals surface area contributed by atoms with Crippen LogP contribution in [-0.2, 0) is 11.3 Å². The smallest absolute Gasteiger partial charge is 0.126 e. The Morgan fingerprint density at radius 3 is 2.78 bits per heavy atom. The minimum absolute atomic E-state index is 0.125. The molecule has 1 atom stereocenters. The number of halogens is 1. The summed E-state index contributed by atoms with van der Waals surface area (Å²) < 4.78 is 5.38. The molecule has 1 aromatic heterocycles. The maximum atomic E-state index is 10.1. The average molecular weight is 334 g/mol. The molecule has 1 aliphatic heterocycles. The summed E-state index contributed by atoms with van der Waals surface area (Å²) in [6.07, 6.45) is 1.37. The second-order valence-corrected chi connectivity index (χ2v) is 6.34. The Balaban J connectivity index is 1.75. The van der Waals surface area contributed by atoms with Gasteiger partial charge in [-0.25, -0.2) is 0 Å². The number of hydrogen-bond acceptors (Lipinski definition) is 5. The van der Waals surface area contributed by atoms with Gasteiger partial charge in [0, 0.05) is 37.3 Å². The van der Waals surface area contributed by atoms with Crippen molar-refractivity contribution in [3.8, 4) is 17.0 Å². The summed E-state index contributed by atoms with van der Waals surface area (Å²) in [6, 6.07) is 7.17. The van der Waals surface area contributed by atoms with Gasteiger partial charge in [0.1, 0.15) is 5.75 Å². The van der Waals surface area contributed by atoms with E-state index in [4.69, 9.17) is 16.3 Å². The molecule has 3 rings (SSSR count). The van der Waals surface area contributed by atoms with Crippen molar-refractivity contribution in [2.24, 2.45) is 0 Å². The van der Waals surface area contributed by atoms with Crippen LogP contribution in [0.1, 0.15) is 17.7 Å². The first-order valence-electron chi connectivity index (χ1n) is 7.64. The van der Waals surface area contributed by atoms with Crippen LogP contribution < -0.4 is 0 Å². The lowest BCUT2D eigenvalue weighted by molar-refractivity contribution is 0.107. The second-order valence-electron chi connectivity index (χ2n) is 5.91. The van der Waals surface area contributed by atoms with Crippen LogP contribution in [-0.4, -0.2) is 46.5 Å². The highest BCUT2D eigenvalue weighted by Crippen LogP contribution is 2.33. The van der Waals surface area contributed by atoms with E-state index in [0.717, 1.165) is 37.3 Å². The first kappa shape index (κ1) is 16.2. The van der Waals surface area contributed by atoms with Crippen molar-refractivity contribution >= 4 is 11.6 Å². The number of ether oxygens (including phenoxy) is 1. The summed E-state index contributed by atoms with van der Waals surface area (Å²) >= 11 is 5.94. The van der Waals surface area contributed by atoms with Gasteiger partial charge in [0.25, 0.3) is 0 Å². The van der Waals surface area contributed by atoms with Gasteiger partial charge in [-0.3, -0.25) is 4.90 Å². The van der Waals surface area contributed by atoms with Gasteiger partial charge in [-0.2, -0.15) is 10.2 Å². The quantitative estimate of drug-likeness (QED) is 0.932. The molecule has 0 saturated carbocycles. The molecule has 0 amide bonds. The highest BCUT2D eigenvalue weighted by Gasteiger charge is 2.22. The molecule has 0 bridgehead atoms. The van der Waals surface area contributed by atoms with Crippen molar-refractivity contribution in [1.29, 1.82) is 0 Å². The predicted molar refractivity (Wildman–Crippen MR) is 89.6 cm³/mol. The van der Waals surface area contributed by atoms with E-state index in [-0.39, 0.29) is 5.75 Å². The maximum Gasteiger partial charge on any atom is 0.126 e. The van der Waals surface area contributed by atoms with E-state index >= 15 is 0 Å². The number of aryl methyl sites for hydroxylation is 1.